The van der Waals surface area contributed by atoms with Crippen LogP contribution in [0.15, 0.2) is 29.2 Å². The molecule has 2 aliphatic rings. The number of benzene rings is 1. The van der Waals surface area contributed by atoms with E-state index in [1.54, 1.807) is 18.7 Å². The topological polar surface area (TPSA) is 64.4 Å². The molecule has 0 aliphatic carbocycles. The van der Waals surface area contributed by atoms with Crippen LogP contribution in [0.4, 0.5) is 0 Å². The minimum absolute atomic E-state index is 0.0779. The van der Waals surface area contributed by atoms with Crippen LogP contribution in [0, 0.1) is 13.8 Å². The molecule has 7 heteroatoms. The van der Waals surface area contributed by atoms with Crippen LogP contribution in [0.2, 0.25) is 0 Å². The first-order chi connectivity index (χ1) is 14.8. The zero-order valence-electron chi connectivity index (χ0n) is 19.2. The quantitative estimate of drug-likeness (QED) is 0.610. The van der Waals surface area contributed by atoms with Gasteiger partial charge < -0.3 is 4.74 Å². The van der Waals surface area contributed by atoms with E-state index in [9.17, 15) is 8.42 Å². The van der Waals surface area contributed by atoms with Crippen LogP contribution in [-0.4, -0.2) is 47.2 Å². The summed E-state index contributed by atoms with van der Waals surface area (Å²) in [7, 11) is -1.62. The fourth-order valence-electron chi connectivity index (χ4n) is 5.30. The van der Waals surface area contributed by atoms with Gasteiger partial charge in [0.15, 0.2) is 9.84 Å². The molecule has 2 aliphatic heterocycles. The first-order valence-electron chi connectivity index (χ1n) is 11.5. The summed E-state index contributed by atoms with van der Waals surface area (Å²) in [4.78, 5) is 2.60. The molecule has 0 saturated carbocycles. The smallest absolute Gasteiger partial charge is 0.195 e. The second-order valence-electron chi connectivity index (χ2n) is 9.23. The number of nitrogens with zero attached hydrogens (tertiary/aromatic N) is 3. The van der Waals surface area contributed by atoms with E-state index in [0.717, 1.165) is 37.9 Å². The molecule has 3 atom stereocenters. The van der Waals surface area contributed by atoms with Crippen LogP contribution in [0.25, 0.3) is 0 Å². The molecule has 3 heterocycles. The van der Waals surface area contributed by atoms with Gasteiger partial charge in [-0.25, -0.2) is 8.42 Å². The Labute approximate surface area is 186 Å². The van der Waals surface area contributed by atoms with Crippen molar-refractivity contribution in [3.63, 3.8) is 0 Å². The van der Waals surface area contributed by atoms with Crippen molar-refractivity contribution in [1.82, 2.24) is 14.7 Å². The molecule has 170 valence electrons. The fraction of sp³-hybridized carbons (Fsp3) is 0.625. The van der Waals surface area contributed by atoms with Crippen LogP contribution in [-0.2, 0) is 23.3 Å². The summed E-state index contributed by atoms with van der Waals surface area (Å²) < 4.78 is 34.4. The number of aromatic nitrogens is 2. The molecule has 0 spiro atoms. The van der Waals surface area contributed by atoms with Crippen LogP contribution >= 0.6 is 0 Å². The Morgan fingerprint density at radius 3 is 2.29 bits per heavy atom. The second-order valence-corrected chi connectivity index (χ2v) is 11.1. The van der Waals surface area contributed by atoms with Crippen molar-refractivity contribution >= 4 is 9.84 Å². The van der Waals surface area contributed by atoms with Crippen molar-refractivity contribution in [3.8, 4) is 5.75 Å². The summed E-state index contributed by atoms with van der Waals surface area (Å²) in [5.74, 6) is 1.00. The van der Waals surface area contributed by atoms with Crippen molar-refractivity contribution in [2.24, 2.45) is 7.05 Å². The number of ether oxygens (including phenoxy) is 1. The monoisotopic (exact) mass is 445 g/mol. The van der Waals surface area contributed by atoms with Gasteiger partial charge in [0, 0.05) is 19.1 Å². The van der Waals surface area contributed by atoms with Gasteiger partial charge in [0.1, 0.15) is 22.6 Å². The minimum atomic E-state index is -3.41. The van der Waals surface area contributed by atoms with E-state index in [1.807, 2.05) is 6.92 Å². The highest BCUT2D eigenvalue weighted by molar-refractivity contribution is 7.91. The van der Waals surface area contributed by atoms with E-state index >= 15 is 0 Å². The fourth-order valence-corrected chi connectivity index (χ4v) is 7.32. The molecule has 2 saturated heterocycles. The van der Waals surface area contributed by atoms with E-state index in [2.05, 4.69) is 41.2 Å². The largest absolute Gasteiger partial charge is 0.490 e. The van der Waals surface area contributed by atoms with Crippen molar-refractivity contribution < 1.29 is 13.2 Å². The lowest BCUT2D eigenvalue weighted by Crippen LogP contribution is -2.48. The summed E-state index contributed by atoms with van der Waals surface area (Å²) in [6.45, 7) is 5.82. The number of hydrogen-bond donors (Lipinski definition) is 0. The molecule has 1 aromatic heterocycles. The Balaban J connectivity index is 1.40. The molecule has 2 aromatic rings. The van der Waals surface area contributed by atoms with Crippen LogP contribution in [0.3, 0.4) is 0 Å². The highest BCUT2D eigenvalue weighted by atomic mass is 32.2. The number of hydrogen-bond acceptors (Lipinski definition) is 5. The normalized spacial score (nSPS) is 23.9. The molecular formula is C24H35N3O3S. The van der Waals surface area contributed by atoms with Gasteiger partial charge in [-0.2, -0.15) is 5.10 Å². The first kappa shape index (κ1) is 22.3. The Morgan fingerprint density at radius 1 is 1.10 bits per heavy atom. The van der Waals surface area contributed by atoms with Gasteiger partial charge in [0.25, 0.3) is 0 Å². The number of aryl methyl sites for hydroxylation is 3. The third-order valence-electron chi connectivity index (χ3n) is 6.96. The molecule has 0 amide bonds. The molecule has 1 unspecified atom stereocenters. The van der Waals surface area contributed by atoms with E-state index in [1.165, 1.54) is 18.4 Å². The molecule has 31 heavy (non-hydrogen) atoms. The maximum absolute atomic E-state index is 13.2. The number of fused-ring (bicyclic) bond motifs is 2. The lowest BCUT2D eigenvalue weighted by Gasteiger charge is -2.38. The predicted molar refractivity (Wildman–Crippen MR) is 122 cm³/mol. The van der Waals surface area contributed by atoms with Gasteiger partial charge in [-0.15, -0.1) is 0 Å². The minimum Gasteiger partial charge on any atom is -0.490 e. The lowest BCUT2D eigenvalue weighted by atomic mass is 10.0. The lowest BCUT2D eigenvalue weighted by molar-refractivity contribution is 0.0609. The van der Waals surface area contributed by atoms with Gasteiger partial charge >= 0.3 is 0 Å². The van der Waals surface area contributed by atoms with Gasteiger partial charge in [0.05, 0.1) is 11.4 Å². The van der Waals surface area contributed by atoms with Gasteiger partial charge in [-0.05, 0) is 70.1 Å². The van der Waals surface area contributed by atoms with E-state index < -0.39 is 9.84 Å². The van der Waals surface area contributed by atoms with Crippen molar-refractivity contribution in [2.45, 2.75) is 88.8 Å². The third kappa shape index (κ3) is 4.67. The van der Waals surface area contributed by atoms with E-state index in [0.29, 0.717) is 16.3 Å². The van der Waals surface area contributed by atoms with Gasteiger partial charge in [-0.3, -0.25) is 9.58 Å². The highest BCUT2D eigenvalue weighted by Gasteiger charge is 2.44. The molecular weight excluding hydrogens is 410 g/mol. The standard InChI is InChI=1S/C24H35N3O3S/c1-5-6-7-19-8-12-22(13-9-19)30-23-14-20-10-11-21(15-23)27(20)16-31(28,29)24-17(2)25-26(4)18(24)3/h8-9,12-13,20-21,23H,5-7,10-11,14-16H2,1-4H3/t20-,21?,23-/m1/s1. The Bertz CT molecular complexity index is 999. The molecule has 2 fully saturated rings. The third-order valence-corrected chi connectivity index (χ3v) is 8.81. The summed E-state index contributed by atoms with van der Waals surface area (Å²) >= 11 is 0. The summed E-state index contributed by atoms with van der Waals surface area (Å²) in [6, 6.07) is 9.02. The molecule has 2 bridgehead atoms. The molecule has 0 radical (unpaired) electrons. The van der Waals surface area contributed by atoms with Crippen molar-refractivity contribution in [1.29, 1.82) is 0 Å². The average Bonchev–Trinajstić information content (AvgIpc) is 3.10. The van der Waals surface area contributed by atoms with E-state index in [4.69, 9.17) is 4.74 Å². The summed E-state index contributed by atoms with van der Waals surface area (Å²) in [5, 5.41) is 4.30. The van der Waals surface area contributed by atoms with Crippen molar-refractivity contribution in [3.05, 3.63) is 41.2 Å². The Hall–Kier alpha value is -1.86. The summed E-state index contributed by atoms with van der Waals surface area (Å²) in [6.07, 6.45) is 7.53. The molecule has 4 rings (SSSR count). The number of unbranched alkanes of at least 4 members (excludes halogenated alkanes) is 1. The first-order valence-corrected chi connectivity index (χ1v) is 13.2. The highest BCUT2D eigenvalue weighted by Crippen LogP contribution is 2.38. The maximum Gasteiger partial charge on any atom is 0.195 e. The van der Waals surface area contributed by atoms with Crippen LogP contribution in [0.1, 0.15) is 62.4 Å². The zero-order chi connectivity index (χ0) is 22.2. The predicted octanol–water partition coefficient (Wildman–Crippen LogP) is 4.19. The number of piperidine rings is 1. The SMILES string of the molecule is CCCCc1ccc(O[C@H]2CC3CC[C@H](C2)N3CS(=O)(=O)c2c(C)nn(C)c2C)cc1. The van der Waals surface area contributed by atoms with E-state index in [-0.39, 0.29) is 24.1 Å². The van der Waals surface area contributed by atoms with Crippen LogP contribution < -0.4 is 4.74 Å². The van der Waals surface area contributed by atoms with Crippen molar-refractivity contribution in [2.75, 3.05) is 5.88 Å². The Morgan fingerprint density at radius 2 is 1.74 bits per heavy atom. The number of sulfone groups is 1. The zero-order valence-corrected chi connectivity index (χ0v) is 20.0. The molecule has 1 aromatic carbocycles. The average molecular weight is 446 g/mol. The molecule has 6 nitrogen and oxygen atoms in total. The van der Waals surface area contributed by atoms with Gasteiger partial charge in [-0.1, -0.05) is 25.5 Å². The second kappa shape index (κ2) is 8.94. The summed E-state index contributed by atoms with van der Waals surface area (Å²) in [5.41, 5.74) is 2.66. The maximum atomic E-state index is 13.2. The van der Waals surface area contributed by atoms with Gasteiger partial charge in [0.2, 0.25) is 0 Å². The number of rotatable bonds is 8. The van der Waals surface area contributed by atoms with Crippen LogP contribution in [0.5, 0.6) is 5.75 Å². The Kier molecular flexibility index (Phi) is 6.44. The molecule has 0 N–H and O–H groups in total.